The Hall–Kier alpha value is -1.88. The summed E-state index contributed by atoms with van der Waals surface area (Å²) in [5.74, 6) is -0.261. The zero-order valence-corrected chi connectivity index (χ0v) is 13.6. The minimum absolute atomic E-state index is 0.0799. The number of carbonyl (C=O) groups is 2. The van der Waals surface area contributed by atoms with Gasteiger partial charge < -0.3 is 15.1 Å². The molecule has 1 N–H and O–H groups in total. The lowest BCUT2D eigenvalue weighted by Gasteiger charge is -2.22. The molecule has 116 valence electrons. The summed E-state index contributed by atoms with van der Waals surface area (Å²) in [6, 6.07) is 5.86. The molecule has 1 rings (SSSR count). The summed E-state index contributed by atoms with van der Waals surface area (Å²) < 4.78 is 0. The average molecular weight is 291 g/mol. The molecule has 0 aliphatic rings. The summed E-state index contributed by atoms with van der Waals surface area (Å²) in [7, 11) is 3.88. The first-order chi connectivity index (χ1) is 9.79. The molecule has 0 radical (unpaired) electrons. The summed E-state index contributed by atoms with van der Waals surface area (Å²) in [6.07, 6.45) is 0. The molecule has 21 heavy (non-hydrogen) atoms. The lowest BCUT2D eigenvalue weighted by Crippen LogP contribution is -2.40. The molecule has 0 bridgehead atoms. The number of rotatable bonds is 6. The fraction of sp³-hybridized carbons (Fsp3) is 0.500. The number of anilines is 1. The maximum atomic E-state index is 12.1. The SMILES string of the molecule is CC(=O)N(CCN(C)C)CC(=O)Nc1ccc(C)cc1C. The van der Waals surface area contributed by atoms with Gasteiger partial charge in [-0.1, -0.05) is 17.7 Å². The van der Waals surface area contributed by atoms with Crippen LogP contribution < -0.4 is 5.32 Å². The first-order valence-corrected chi connectivity index (χ1v) is 7.07. The minimum atomic E-state index is -0.170. The Morgan fingerprint density at radius 2 is 1.81 bits per heavy atom. The number of carbonyl (C=O) groups excluding carboxylic acids is 2. The summed E-state index contributed by atoms with van der Waals surface area (Å²) in [5, 5.41) is 2.86. The molecule has 2 amide bonds. The number of likely N-dealkylation sites (N-methyl/N-ethyl adjacent to an activating group) is 1. The molecule has 0 spiro atoms. The van der Waals surface area contributed by atoms with Gasteiger partial charge in [0.15, 0.2) is 0 Å². The van der Waals surface area contributed by atoms with Crippen molar-refractivity contribution in [1.82, 2.24) is 9.80 Å². The van der Waals surface area contributed by atoms with Gasteiger partial charge >= 0.3 is 0 Å². The Morgan fingerprint density at radius 1 is 1.14 bits per heavy atom. The Balaban J connectivity index is 2.63. The summed E-state index contributed by atoms with van der Waals surface area (Å²) in [5.41, 5.74) is 2.97. The van der Waals surface area contributed by atoms with Crippen LogP contribution >= 0.6 is 0 Å². The lowest BCUT2D eigenvalue weighted by molar-refractivity contribution is -0.132. The molecular formula is C16H25N3O2. The third kappa shape index (κ3) is 5.95. The van der Waals surface area contributed by atoms with Crippen molar-refractivity contribution >= 4 is 17.5 Å². The predicted molar refractivity (Wildman–Crippen MR) is 85.4 cm³/mol. The molecule has 5 heteroatoms. The normalized spacial score (nSPS) is 10.6. The molecule has 0 atom stereocenters. The first kappa shape index (κ1) is 17.2. The second-order valence-electron chi connectivity index (χ2n) is 5.61. The second kappa shape index (κ2) is 7.78. The summed E-state index contributed by atoms with van der Waals surface area (Å²) >= 11 is 0. The van der Waals surface area contributed by atoms with Crippen LogP contribution in [0.5, 0.6) is 0 Å². The van der Waals surface area contributed by atoms with E-state index in [1.807, 2.05) is 51.0 Å². The van der Waals surface area contributed by atoms with Crippen molar-refractivity contribution in [1.29, 1.82) is 0 Å². The molecule has 1 aromatic rings. The van der Waals surface area contributed by atoms with Gasteiger partial charge in [-0.05, 0) is 39.6 Å². The molecule has 0 aliphatic heterocycles. The number of nitrogens with zero attached hydrogens (tertiary/aromatic N) is 2. The van der Waals surface area contributed by atoms with Crippen LogP contribution in [0.1, 0.15) is 18.1 Å². The van der Waals surface area contributed by atoms with Gasteiger partial charge in [0.2, 0.25) is 11.8 Å². The van der Waals surface area contributed by atoms with E-state index in [0.717, 1.165) is 23.4 Å². The highest BCUT2D eigenvalue weighted by Crippen LogP contribution is 2.15. The highest BCUT2D eigenvalue weighted by atomic mass is 16.2. The highest BCUT2D eigenvalue weighted by Gasteiger charge is 2.14. The van der Waals surface area contributed by atoms with Gasteiger partial charge in [0.25, 0.3) is 0 Å². The van der Waals surface area contributed by atoms with E-state index in [1.54, 1.807) is 4.90 Å². The number of hydrogen-bond donors (Lipinski definition) is 1. The van der Waals surface area contributed by atoms with Crippen molar-refractivity contribution in [2.75, 3.05) is 39.0 Å². The molecule has 0 unspecified atom stereocenters. The van der Waals surface area contributed by atoms with Crippen molar-refractivity contribution in [3.05, 3.63) is 29.3 Å². The van der Waals surface area contributed by atoms with Crippen LogP contribution in [0.3, 0.4) is 0 Å². The van der Waals surface area contributed by atoms with Crippen molar-refractivity contribution in [3.63, 3.8) is 0 Å². The minimum Gasteiger partial charge on any atom is -0.332 e. The zero-order valence-electron chi connectivity index (χ0n) is 13.6. The van der Waals surface area contributed by atoms with Crippen LogP contribution in [0.15, 0.2) is 18.2 Å². The molecule has 0 fully saturated rings. The van der Waals surface area contributed by atoms with Crippen molar-refractivity contribution in [3.8, 4) is 0 Å². The zero-order chi connectivity index (χ0) is 16.0. The van der Waals surface area contributed by atoms with Crippen molar-refractivity contribution in [2.45, 2.75) is 20.8 Å². The molecule has 0 saturated carbocycles. The Labute approximate surface area is 126 Å². The van der Waals surface area contributed by atoms with Crippen LogP contribution in [0.2, 0.25) is 0 Å². The lowest BCUT2D eigenvalue weighted by atomic mass is 10.1. The fourth-order valence-corrected chi connectivity index (χ4v) is 1.99. The third-order valence-electron chi connectivity index (χ3n) is 3.25. The van der Waals surface area contributed by atoms with Crippen molar-refractivity contribution in [2.24, 2.45) is 0 Å². The number of hydrogen-bond acceptors (Lipinski definition) is 3. The third-order valence-corrected chi connectivity index (χ3v) is 3.25. The van der Waals surface area contributed by atoms with Gasteiger partial charge in [0.05, 0.1) is 6.54 Å². The first-order valence-electron chi connectivity index (χ1n) is 7.07. The number of nitrogens with one attached hydrogen (secondary N) is 1. The van der Waals surface area contributed by atoms with E-state index >= 15 is 0 Å². The van der Waals surface area contributed by atoms with Crippen LogP contribution in [-0.2, 0) is 9.59 Å². The molecular weight excluding hydrogens is 266 g/mol. The number of benzene rings is 1. The van der Waals surface area contributed by atoms with Gasteiger partial charge in [-0.3, -0.25) is 9.59 Å². The van der Waals surface area contributed by atoms with Gasteiger partial charge in [-0.15, -0.1) is 0 Å². The fourth-order valence-electron chi connectivity index (χ4n) is 1.99. The van der Waals surface area contributed by atoms with Crippen molar-refractivity contribution < 1.29 is 9.59 Å². The van der Waals surface area contributed by atoms with E-state index < -0.39 is 0 Å². The van der Waals surface area contributed by atoms with Crippen LogP contribution in [-0.4, -0.2) is 55.3 Å². The Morgan fingerprint density at radius 3 is 2.33 bits per heavy atom. The Bertz CT molecular complexity index is 512. The smallest absolute Gasteiger partial charge is 0.244 e. The molecule has 1 aromatic carbocycles. The van der Waals surface area contributed by atoms with Gasteiger partial charge in [-0.25, -0.2) is 0 Å². The summed E-state index contributed by atoms with van der Waals surface area (Å²) in [6.45, 7) is 6.81. The van der Waals surface area contributed by atoms with Gasteiger partial charge in [-0.2, -0.15) is 0 Å². The summed E-state index contributed by atoms with van der Waals surface area (Å²) in [4.78, 5) is 27.2. The quantitative estimate of drug-likeness (QED) is 0.867. The van der Waals surface area contributed by atoms with Crippen LogP contribution in [0.4, 0.5) is 5.69 Å². The maximum Gasteiger partial charge on any atom is 0.244 e. The van der Waals surface area contributed by atoms with E-state index in [0.29, 0.717) is 6.54 Å². The van der Waals surface area contributed by atoms with Crippen LogP contribution in [0, 0.1) is 13.8 Å². The average Bonchev–Trinajstić information content (AvgIpc) is 2.37. The second-order valence-corrected chi connectivity index (χ2v) is 5.61. The van der Waals surface area contributed by atoms with Gasteiger partial charge in [0, 0.05) is 25.7 Å². The molecule has 0 aliphatic carbocycles. The maximum absolute atomic E-state index is 12.1. The number of amides is 2. The van der Waals surface area contributed by atoms with E-state index in [9.17, 15) is 9.59 Å². The standard InChI is InChI=1S/C16H25N3O2/c1-12-6-7-15(13(2)10-12)17-16(21)11-19(14(3)20)9-8-18(4)5/h6-7,10H,8-9,11H2,1-5H3,(H,17,21). The van der Waals surface area contributed by atoms with E-state index in [4.69, 9.17) is 0 Å². The van der Waals surface area contributed by atoms with Crippen LogP contribution in [0.25, 0.3) is 0 Å². The monoisotopic (exact) mass is 291 g/mol. The highest BCUT2D eigenvalue weighted by molar-refractivity contribution is 5.94. The molecule has 0 aromatic heterocycles. The predicted octanol–water partition coefficient (Wildman–Crippen LogP) is 1.65. The Kier molecular flexibility index (Phi) is 6.37. The van der Waals surface area contributed by atoms with E-state index in [1.165, 1.54) is 6.92 Å². The molecule has 0 heterocycles. The largest absolute Gasteiger partial charge is 0.332 e. The van der Waals surface area contributed by atoms with E-state index in [-0.39, 0.29) is 18.4 Å². The molecule has 0 saturated heterocycles. The van der Waals surface area contributed by atoms with Gasteiger partial charge in [0.1, 0.15) is 0 Å². The number of aryl methyl sites for hydroxylation is 2. The van der Waals surface area contributed by atoms with E-state index in [2.05, 4.69) is 5.32 Å². The topological polar surface area (TPSA) is 52.7 Å². The molecule has 5 nitrogen and oxygen atoms in total.